The molecule has 3 aromatic heterocycles. The van der Waals surface area contributed by atoms with E-state index in [9.17, 15) is 5.11 Å². The molecule has 2 aromatic carbocycles. The summed E-state index contributed by atoms with van der Waals surface area (Å²) in [6.07, 6.45) is 3.61. The number of nitrogens with zero attached hydrogens (tertiary/aromatic N) is 4. The monoisotopic (exact) mass is 452 g/mol. The lowest BCUT2D eigenvalue weighted by molar-refractivity contribution is 0.242. The summed E-state index contributed by atoms with van der Waals surface area (Å²) in [6.45, 7) is 1.95. The van der Waals surface area contributed by atoms with Gasteiger partial charge >= 0.3 is 0 Å². The average molecular weight is 453 g/mol. The van der Waals surface area contributed by atoms with Crippen LogP contribution in [0.15, 0.2) is 89.6 Å². The highest BCUT2D eigenvalue weighted by Gasteiger charge is 2.18. The molecule has 0 atom stereocenters. The van der Waals surface area contributed by atoms with Crippen molar-refractivity contribution in [2.75, 3.05) is 7.11 Å². The van der Waals surface area contributed by atoms with E-state index in [1.807, 2.05) is 54.6 Å². The lowest BCUT2D eigenvalue weighted by Gasteiger charge is -2.22. The molecule has 7 nitrogen and oxygen atoms in total. The second-order valence-corrected chi connectivity index (χ2v) is 7.95. The minimum Gasteiger partial charge on any atom is -0.507 e. The zero-order valence-electron chi connectivity index (χ0n) is 18.8. The lowest BCUT2D eigenvalue weighted by atomic mass is 10.1. The zero-order valence-corrected chi connectivity index (χ0v) is 18.8. The molecule has 0 bridgehead atoms. The normalized spacial score (nSPS) is 11.2. The minimum absolute atomic E-state index is 0.0841. The molecule has 1 N–H and O–H groups in total. The van der Waals surface area contributed by atoms with Crippen LogP contribution in [0.4, 0.5) is 0 Å². The second kappa shape index (κ2) is 9.72. The van der Waals surface area contributed by atoms with E-state index in [1.165, 1.54) is 0 Å². The van der Waals surface area contributed by atoms with Gasteiger partial charge in [-0.1, -0.05) is 24.3 Å². The molecule has 0 saturated heterocycles. The lowest BCUT2D eigenvalue weighted by Crippen LogP contribution is -2.23. The van der Waals surface area contributed by atoms with Crippen LogP contribution < -0.4 is 4.74 Å². The van der Waals surface area contributed by atoms with Crippen LogP contribution >= 0.6 is 0 Å². The van der Waals surface area contributed by atoms with Crippen LogP contribution in [0.2, 0.25) is 0 Å². The largest absolute Gasteiger partial charge is 0.507 e. The molecule has 0 unspecified atom stereocenters. The van der Waals surface area contributed by atoms with Gasteiger partial charge in [-0.2, -0.15) is 0 Å². The molecular formula is C27H24N4O3. The standard InChI is InChI=1S/C27H24N4O3/c1-33-22-11-12-24(32)23(15-22)27-30-26-19(7-6-10-25(26)34-27)16-31(17-20-8-2-4-13-28-20)18-21-9-3-5-14-29-21/h2-15,32H,16-18H2,1H3. The van der Waals surface area contributed by atoms with Crippen molar-refractivity contribution < 1.29 is 14.3 Å². The summed E-state index contributed by atoms with van der Waals surface area (Å²) in [5, 5.41) is 10.4. The fourth-order valence-electron chi connectivity index (χ4n) is 3.91. The molecule has 170 valence electrons. The van der Waals surface area contributed by atoms with Crippen molar-refractivity contribution in [2.45, 2.75) is 19.6 Å². The number of aromatic hydroxyl groups is 1. The highest BCUT2D eigenvalue weighted by atomic mass is 16.5. The van der Waals surface area contributed by atoms with E-state index >= 15 is 0 Å². The van der Waals surface area contributed by atoms with Gasteiger partial charge in [0.15, 0.2) is 5.58 Å². The number of benzene rings is 2. The topological polar surface area (TPSA) is 84.5 Å². The Morgan fingerprint density at radius 1 is 0.853 bits per heavy atom. The van der Waals surface area contributed by atoms with Crippen molar-refractivity contribution in [3.8, 4) is 23.0 Å². The highest BCUT2D eigenvalue weighted by Crippen LogP contribution is 2.34. The van der Waals surface area contributed by atoms with E-state index in [2.05, 4.69) is 14.9 Å². The first-order valence-electron chi connectivity index (χ1n) is 11.0. The number of hydrogen-bond acceptors (Lipinski definition) is 7. The molecular weight excluding hydrogens is 428 g/mol. The van der Waals surface area contributed by atoms with Crippen LogP contribution in [0.3, 0.4) is 0 Å². The summed E-state index contributed by atoms with van der Waals surface area (Å²) in [5.41, 5.74) is 4.87. The Bertz CT molecular complexity index is 1350. The van der Waals surface area contributed by atoms with Gasteiger partial charge in [0.25, 0.3) is 0 Å². The Balaban J connectivity index is 1.49. The van der Waals surface area contributed by atoms with E-state index in [0.717, 1.165) is 22.5 Å². The molecule has 34 heavy (non-hydrogen) atoms. The van der Waals surface area contributed by atoms with Gasteiger partial charge in [0.05, 0.1) is 24.1 Å². The first kappa shape index (κ1) is 21.6. The minimum atomic E-state index is 0.0841. The van der Waals surface area contributed by atoms with Crippen molar-refractivity contribution >= 4 is 11.1 Å². The van der Waals surface area contributed by atoms with Gasteiger partial charge in [0, 0.05) is 32.0 Å². The van der Waals surface area contributed by atoms with E-state index in [-0.39, 0.29) is 5.75 Å². The van der Waals surface area contributed by atoms with Crippen molar-refractivity contribution in [2.24, 2.45) is 0 Å². The van der Waals surface area contributed by atoms with Crippen LogP contribution in [0.1, 0.15) is 17.0 Å². The van der Waals surface area contributed by atoms with Gasteiger partial charge in [-0.25, -0.2) is 4.98 Å². The molecule has 0 aliphatic rings. The Morgan fingerprint density at radius 2 is 1.59 bits per heavy atom. The molecule has 7 heteroatoms. The van der Waals surface area contributed by atoms with Gasteiger partial charge in [0.2, 0.25) is 5.89 Å². The van der Waals surface area contributed by atoms with E-state index in [1.54, 1.807) is 37.7 Å². The van der Waals surface area contributed by atoms with Crippen molar-refractivity contribution in [3.63, 3.8) is 0 Å². The van der Waals surface area contributed by atoms with Gasteiger partial charge in [-0.15, -0.1) is 0 Å². The second-order valence-electron chi connectivity index (χ2n) is 7.95. The third-order valence-electron chi connectivity index (χ3n) is 5.55. The van der Waals surface area contributed by atoms with Crippen molar-refractivity contribution in [1.82, 2.24) is 19.9 Å². The van der Waals surface area contributed by atoms with Crippen molar-refractivity contribution in [1.29, 1.82) is 0 Å². The van der Waals surface area contributed by atoms with E-state index < -0.39 is 0 Å². The molecule has 3 heterocycles. The maximum atomic E-state index is 10.4. The molecule has 0 radical (unpaired) electrons. The molecule has 5 aromatic rings. The average Bonchev–Trinajstić information content (AvgIpc) is 3.31. The van der Waals surface area contributed by atoms with Crippen molar-refractivity contribution in [3.05, 3.63) is 102 Å². The number of pyridine rings is 2. The van der Waals surface area contributed by atoms with Gasteiger partial charge < -0.3 is 14.3 Å². The number of rotatable bonds is 8. The first-order valence-corrected chi connectivity index (χ1v) is 11.0. The molecule has 0 fully saturated rings. The van der Waals surface area contributed by atoms with E-state index in [0.29, 0.717) is 42.4 Å². The zero-order chi connectivity index (χ0) is 23.3. The first-order chi connectivity index (χ1) is 16.7. The van der Waals surface area contributed by atoms with Crippen LogP contribution in [-0.4, -0.2) is 32.1 Å². The molecule has 0 saturated carbocycles. The summed E-state index contributed by atoms with van der Waals surface area (Å²) in [4.78, 5) is 16.0. The van der Waals surface area contributed by atoms with Gasteiger partial charge in [0.1, 0.15) is 17.0 Å². The number of aromatic nitrogens is 3. The summed E-state index contributed by atoms with van der Waals surface area (Å²) < 4.78 is 11.3. The van der Waals surface area contributed by atoms with Crippen LogP contribution in [0.25, 0.3) is 22.6 Å². The number of para-hydroxylation sites is 1. The predicted molar refractivity (Wildman–Crippen MR) is 129 cm³/mol. The maximum absolute atomic E-state index is 10.4. The van der Waals surface area contributed by atoms with Crippen LogP contribution in [0.5, 0.6) is 11.5 Å². The van der Waals surface area contributed by atoms with Gasteiger partial charge in [-0.3, -0.25) is 14.9 Å². The van der Waals surface area contributed by atoms with Gasteiger partial charge in [-0.05, 0) is 54.1 Å². The number of phenols is 1. The molecule has 0 aliphatic heterocycles. The fourth-order valence-corrected chi connectivity index (χ4v) is 3.91. The smallest absolute Gasteiger partial charge is 0.231 e. The molecule has 5 rings (SSSR count). The SMILES string of the molecule is COc1ccc(O)c(-c2nc3c(CN(Cc4ccccn4)Cc4ccccn4)cccc3o2)c1. The fraction of sp³-hybridized carbons (Fsp3) is 0.148. The number of phenolic OH excluding ortho intramolecular Hbond substituents is 1. The highest BCUT2D eigenvalue weighted by molar-refractivity contribution is 5.80. The number of methoxy groups -OCH3 is 1. The van der Waals surface area contributed by atoms with E-state index in [4.69, 9.17) is 14.1 Å². The Labute approximate surface area is 197 Å². The Hall–Kier alpha value is -4.23. The third kappa shape index (κ3) is 4.74. The maximum Gasteiger partial charge on any atom is 0.231 e. The van der Waals surface area contributed by atoms with Crippen LogP contribution in [0, 0.1) is 0 Å². The molecule has 0 amide bonds. The third-order valence-corrected chi connectivity index (χ3v) is 5.55. The summed E-state index contributed by atoms with van der Waals surface area (Å²) >= 11 is 0. The Morgan fingerprint density at radius 3 is 2.24 bits per heavy atom. The number of hydrogen-bond donors (Lipinski definition) is 1. The molecule has 0 aliphatic carbocycles. The summed E-state index contributed by atoms with van der Waals surface area (Å²) in [7, 11) is 1.58. The summed E-state index contributed by atoms with van der Waals surface area (Å²) in [6, 6.07) is 22.7. The van der Waals surface area contributed by atoms with Crippen LogP contribution in [-0.2, 0) is 19.6 Å². The molecule has 0 spiro atoms. The predicted octanol–water partition coefficient (Wildman–Crippen LogP) is 5.20. The summed E-state index contributed by atoms with van der Waals surface area (Å²) in [5.74, 6) is 1.05. The number of ether oxygens (including phenoxy) is 1. The number of oxazole rings is 1. The number of fused-ring (bicyclic) bond motifs is 1. The Kier molecular flexibility index (Phi) is 6.18. The quantitative estimate of drug-likeness (QED) is 0.346.